The number of anilines is 1. The van der Waals surface area contributed by atoms with Gasteiger partial charge in [-0.3, -0.25) is 15.1 Å². The largest absolute Gasteiger partial charge is 0.347 e. The number of hydrogen-bond acceptors (Lipinski definition) is 4. The van der Waals surface area contributed by atoms with E-state index >= 15 is 0 Å². The molecule has 2 aromatic carbocycles. The fourth-order valence-corrected chi connectivity index (χ4v) is 3.40. The van der Waals surface area contributed by atoms with E-state index in [4.69, 9.17) is 11.6 Å². The van der Waals surface area contributed by atoms with Gasteiger partial charge in [-0.05, 0) is 29.8 Å². The molecule has 1 heterocycles. The first kappa shape index (κ1) is 17.2. The second-order valence-corrected chi connectivity index (χ2v) is 6.83. The number of hydrogen-bond donors (Lipinski definition) is 0. The second-order valence-electron chi connectivity index (χ2n) is 6.42. The Bertz CT molecular complexity index is 903. The Labute approximate surface area is 151 Å². The molecular formula is C19H18ClN3O2. The summed E-state index contributed by atoms with van der Waals surface area (Å²) in [6, 6.07) is 12.8. The molecule has 0 saturated heterocycles. The summed E-state index contributed by atoms with van der Waals surface area (Å²) in [6.07, 6.45) is 3.62. The lowest BCUT2D eigenvalue weighted by Crippen LogP contribution is -2.22. The van der Waals surface area contributed by atoms with E-state index in [2.05, 4.69) is 35.9 Å². The lowest BCUT2D eigenvalue weighted by molar-refractivity contribution is -0.384. The van der Waals surface area contributed by atoms with E-state index in [1.807, 2.05) is 25.3 Å². The fraction of sp³-hybridized carbons (Fsp3) is 0.211. The first-order valence-corrected chi connectivity index (χ1v) is 8.22. The smallest absolute Gasteiger partial charge is 0.290 e. The van der Waals surface area contributed by atoms with Crippen molar-refractivity contribution in [3.05, 3.63) is 74.9 Å². The zero-order chi connectivity index (χ0) is 18.2. The third kappa shape index (κ3) is 3.03. The summed E-state index contributed by atoms with van der Waals surface area (Å²) in [5.74, 6) is 0. The maximum absolute atomic E-state index is 11.0. The monoisotopic (exact) mass is 355 g/mol. The fourth-order valence-electron chi connectivity index (χ4n) is 3.22. The van der Waals surface area contributed by atoms with E-state index in [1.165, 1.54) is 23.4 Å². The number of likely N-dealkylation sites (N-methyl/N-ethyl adjacent to an activating group) is 1. The van der Waals surface area contributed by atoms with Crippen LogP contribution < -0.4 is 4.90 Å². The molecule has 0 aliphatic carbocycles. The van der Waals surface area contributed by atoms with Gasteiger partial charge in [0, 0.05) is 36.1 Å². The number of fused-ring (bicyclic) bond motifs is 1. The molecule has 0 fully saturated rings. The lowest BCUT2D eigenvalue weighted by Gasteiger charge is -2.23. The Balaban J connectivity index is 1.91. The minimum Gasteiger partial charge on any atom is -0.347 e. The second kappa shape index (κ2) is 6.33. The van der Waals surface area contributed by atoms with Crippen LogP contribution in [0.15, 0.2) is 59.2 Å². The van der Waals surface area contributed by atoms with Gasteiger partial charge in [-0.25, -0.2) is 0 Å². The van der Waals surface area contributed by atoms with Gasteiger partial charge in [0.1, 0.15) is 5.02 Å². The number of nitrogens with zero attached hydrogens (tertiary/aromatic N) is 3. The molecule has 1 aliphatic heterocycles. The maximum atomic E-state index is 11.0. The topological polar surface area (TPSA) is 58.7 Å². The average molecular weight is 356 g/mol. The molecule has 0 radical (unpaired) electrons. The Morgan fingerprint density at radius 2 is 1.96 bits per heavy atom. The van der Waals surface area contributed by atoms with Crippen molar-refractivity contribution < 1.29 is 4.92 Å². The van der Waals surface area contributed by atoms with Crippen LogP contribution in [-0.2, 0) is 5.41 Å². The predicted molar refractivity (Wildman–Crippen MR) is 102 cm³/mol. The SMILES string of the molecule is CN1C(=CC=Nc2ccc(Cl)c([N+](=O)[O-])c2)C(C)(C)c2ccccc21. The van der Waals surface area contributed by atoms with Gasteiger partial charge in [0.25, 0.3) is 5.69 Å². The van der Waals surface area contributed by atoms with E-state index < -0.39 is 4.92 Å². The average Bonchev–Trinajstić information content (AvgIpc) is 2.77. The van der Waals surface area contributed by atoms with Crippen LogP contribution in [0.4, 0.5) is 17.1 Å². The van der Waals surface area contributed by atoms with E-state index in [-0.39, 0.29) is 16.1 Å². The molecule has 0 N–H and O–H groups in total. The summed E-state index contributed by atoms with van der Waals surface area (Å²) in [7, 11) is 2.03. The number of allylic oxidation sites excluding steroid dienone is 2. The Morgan fingerprint density at radius 3 is 2.64 bits per heavy atom. The van der Waals surface area contributed by atoms with Crippen molar-refractivity contribution >= 4 is 34.9 Å². The Hall–Kier alpha value is -2.66. The molecule has 128 valence electrons. The molecule has 6 heteroatoms. The summed E-state index contributed by atoms with van der Waals surface area (Å²) in [5.41, 5.74) is 3.76. The van der Waals surface area contributed by atoms with Crippen LogP contribution in [-0.4, -0.2) is 18.2 Å². The third-order valence-corrected chi connectivity index (χ3v) is 4.84. The maximum Gasteiger partial charge on any atom is 0.290 e. The van der Waals surface area contributed by atoms with Crippen molar-refractivity contribution in [3.8, 4) is 0 Å². The molecule has 0 atom stereocenters. The molecule has 2 aromatic rings. The summed E-state index contributed by atoms with van der Waals surface area (Å²) in [5, 5.41) is 11.1. The minimum absolute atomic E-state index is 0.106. The van der Waals surface area contributed by atoms with Crippen LogP contribution in [0.5, 0.6) is 0 Å². The molecule has 5 nitrogen and oxygen atoms in total. The van der Waals surface area contributed by atoms with Gasteiger partial charge in [0.15, 0.2) is 0 Å². The molecule has 0 bridgehead atoms. The number of para-hydroxylation sites is 1. The van der Waals surface area contributed by atoms with Gasteiger partial charge in [-0.2, -0.15) is 0 Å². The van der Waals surface area contributed by atoms with Gasteiger partial charge < -0.3 is 4.90 Å². The Kier molecular flexibility index (Phi) is 4.35. The van der Waals surface area contributed by atoms with Crippen LogP contribution >= 0.6 is 11.6 Å². The normalized spacial score (nSPS) is 17.3. The quantitative estimate of drug-likeness (QED) is 0.428. The number of nitro benzene ring substituents is 1. The standard InChI is InChI=1S/C19H18ClN3O2/c1-19(2)14-6-4-5-7-16(14)22(3)18(19)10-11-21-13-8-9-15(20)17(12-13)23(24)25/h4-12H,1-3H3. The highest BCUT2D eigenvalue weighted by Crippen LogP contribution is 2.46. The van der Waals surface area contributed by atoms with E-state index in [0.29, 0.717) is 5.69 Å². The molecule has 25 heavy (non-hydrogen) atoms. The van der Waals surface area contributed by atoms with Gasteiger partial charge >= 0.3 is 0 Å². The molecule has 1 aliphatic rings. The summed E-state index contributed by atoms with van der Waals surface area (Å²) < 4.78 is 0. The molecule has 0 unspecified atom stereocenters. The minimum atomic E-state index is -0.510. The van der Waals surface area contributed by atoms with E-state index in [0.717, 1.165) is 5.70 Å². The van der Waals surface area contributed by atoms with Crippen molar-refractivity contribution in [2.75, 3.05) is 11.9 Å². The zero-order valence-corrected chi connectivity index (χ0v) is 15.0. The highest BCUT2D eigenvalue weighted by atomic mass is 35.5. The van der Waals surface area contributed by atoms with Crippen molar-refractivity contribution in [2.24, 2.45) is 4.99 Å². The Morgan fingerprint density at radius 1 is 1.24 bits per heavy atom. The summed E-state index contributed by atoms with van der Waals surface area (Å²) in [6.45, 7) is 4.34. The van der Waals surface area contributed by atoms with Crippen LogP contribution in [0, 0.1) is 10.1 Å². The van der Waals surface area contributed by atoms with Gasteiger partial charge in [0.05, 0.1) is 10.6 Å². The molecular weight excluding hydrogens is 338 g/mol. The number of nitro groups is 1. The molecule has 3 rings (SSSR count). The van der Waals surface area contributed by atoms with Crippen molar-refractivity contribution in [1.29, 1.82) is 0 Å². The molecule has 0 spiro atoms. The van der Waals surface area contributed by atoms with Crippen LogP contribution in [0.3, 0.4) is 0 Å². The first-order valence-electron chi connectivity index (χ1n) is 7.84. The third-order valence-electron chi connectivity index (χ3n) is 4.52. The van der Waals surface area contributed by atoms with E-state index in [1.54, 1.807) is 12.3 Å². The molecule has 0 aromatic heterocycles. The number of rotatable bonds is 3. The van der Waals surface area contributed by atoms with Gasteiger partial charge in [0.2, 0.25) is 0 Å². The molecule has 0 saturated carbocycles. The summed E-state index contributed by atoms with van der Waals surface area (Å²) >= 11 is 5.82. The van der Waals surface area contributed by atoms with Crippen molar-refractivity contribution in [3.63, 3.8) is 0 Å². The highest BCUT2D eigenvalue weighted by Gasteiger charge is 2.37. The molecule has 0 amide bonds. The first-order chi connectivity index (χ1) is 11.8. The zero-order valence-electron chi connectivity index (χ0n) is 14.2. The predicted octanol–water partition coefficient (Wildman–Crippen LogP) is 5.26. The van der Waals surface area contributed by atoms with Crippen molar-refractivity contribution in [2.45, 2.75) is 19.3 Å². The number of aliphatic imine (C=N–C) groups is 1. The summed E-state index contributed by atoms with van der Waals surface area (Å²) in [4.78, 5) is 16.9. The number of halogens is 1. The highest BCUT2D eigenvalue weighted by molar-refractivity contribution is 6.32. The van der Waals surface area contributed by atoms with Gasteiger partial charge in [-0.15, -0.1) is 0 Å². The van der Waals surface area contributed by atoms with Gasteiger partial charge in [-0.1, -0.05) is 43.6 Å². The van der Waals surface area contributed by atoms with Crippen LogP contribution in [0.25, 0.3) is 0 Å². The van der Waals surface area contributed by atoms with E-state index in [9.17, 15) is 10.1 Å². The number of benzene rings is 2. The van der Waals surface area contributed by atoms with Crippen LogP contribution in [0.2, 0.25) is 5.02 Å². The lowest BCUT2D eigenvalue weighted by atomic mass is 9.84. The van der Waals surface area contributed by atoms with Crippen molar-refractivity contribution in [1.82, 2.24) is 0 Å². The van der Waals surface area contributed by atoms with Crippen LogP contribution in [0.1, 0.15) is 19.4 Å².